The van der Waals surface area contributed by atoms with Gasteiger partial charge in [0.05, 0.1) is 0 Å². The van der Waals surface area contributed by atoms with Crippen molar-refractivity contribution in [2.75, 3.05) is 11.9 Å². The number of hydrogen-bond donors (Lipinski definition) is 2. The number of anilines is 2. The standard InChI is InChI=1S/C22H22FN3O/c1-15-7-8-18(13-16(15)2)26-19-10-12-24-21(14-19)22(27)25-11-9-17-5-3-4-6-20(17)23/h3-8,10,12-14H,9,11H2,1-2H3,(H,24,26)(H,25,27). The maximum Gasteiger partial charge on any atom is 0.269 e. The zero-order valence-corrected chi connectivity index (χ0v) is 15.4. The maximum absolute atomic E-state index is 13.6. The first-order valence-electron chi connectivity index (χ1n) is 8.85. The molecule has 3 rings (SSSR count). The Hall–Kier alpha value is -3.21. The lowest BCUT2D eigenvalue weighted by Gasteiger charge is -2.10. The van der Waals surface area contributed by atoms with E-state index >= 15 is 0 Å². The van der Waals surface area contributed by atoms with Gasteiger partial charge >= 0.3 is 0 Å². The first-order chi connectivity index (χ1) is 13.0. The summed E-state index contributed by atoms with van der Waals surface area (Å²) in [5.41, 5.74) is 5.06. The molecule has 5 heteroatoms. The van der Waals surface area contributed by atoms with Crippen molar-refractivity contribution in [1.29, 1.82) is 0 Å². The average Bonchev–Trinajstić information content (AvgIpc) is 2.66. The van der Waals surface area contributed by atoms with Crippen LogP contribution in [0.3, 0.4) is 0 Å². The number of amides is 1. The summed E-state index contributed by atoms with van der Waals surface area (Å²) in [7, 11) is 0. The van der Waals surface area contributed by atoms with Gasteiger partial charge in [0.1, 0.15) is 11.5 Å². The molecule has 0 fully saturated rings. The van der Waals surface area contributed by atoms with Crippen LogP contribution in [0.2, 0.25) is 0 Å². The topological polar surface area (TPSA) is 54.0 Å². The van der Waals surface area contributed by atoms with Crippen molar-refractivity contribution in [2.45, 2.75) is 20.3 Å². The zero-order valence-electron chi connectivity index (χ0n) is 15.4. The third-order valence-electron chi connectivity index (χ3n) is 4.43. The maximum atomic E-state index is 13.6. The highest BCUT2D eigenvalue weighted by Gasteiger charge is 2.09. The van der Waals surface area contributed by atoms with Gasteiger partial charge in [-0.1, -0.05) is 24.3 Å². The fourth-order valence-electron chi connectivity index (χ4n) is 2.72. The number of carbonyl (C=O) groups is 1. The number of nitrogens with one attached hydrogen (secondary N) is 2. The van der Waals surface area contributed by atoms with Crippen LogP contribution in [-0.4, -0.2) is 17.4 Å². The summed E-state index contributed by atoms with van der Waals surface area (Å²) in [6.45, 7) is 4.47. The first kappa shape index (κ1) is 18.6. The highest BCUT2D eigenvalue weighted by molar-refractivity contribution is 5.93. The van der Waals surface area contributed by atoms with E-state index in [2.05, 4.69) is 41.6 Å². The minimum Gasteiger partial charge on any atom is -0.355 e. The Bertz CT molecular complexity index is 956. The van der Waals surface area contributed by atoms with Gasteiger partial charge in [0.25, 0.3) is 5.91 Å². The van der Waals surface area contributed by atoms with Gasteiger partial charge in [0.2, 0.25) is 0 Å². The van der Waals surface area contributed by atoms with Crippen LogP contribution in [0.15, 0.2) is 60.8 Å². The smallest absolute Gasteiger partial charge is 0.269 e. The fourth-order valence-corrected chi connectivity index (χ4v) is 2.72. The average molecular weight is 363 g/mol. The minimum absolute atomic E-state index is 0.260. The van der Waals surface area contributed by atoms with Crippen molar-refractivity contribution in [3.63, 3.8) is 0 Å². The molecule has 0 aliphatic carbocycles. The van der Waals surface area contributed by atoms with Crippen LogP contribution in [0.25, 0.3) is 0 Å². The summed E-state index contributed by atoms with van der Waals surface area (Å²) in [5, 5.41) is 6.07. The van der Waals surface area contributed by atoms with E-state index in [4.69, 9.17) is 0 Å². The van der Waals surface area contributed by atoms with E-state index in [0.717, 1.165) is 11.4 Å². The Kier molecular flexibility index (Phi) is 5.81. The largest absolute Gasteiger partial charge is 0.355 e. The van der Waals surface area contributed by atoms with E-state index in [1.807, 2.05) is 12.1 Å². The Morgan fingerprint density at radius 3 is 2.56 bits per heavy atom. The number of rotatable bonds is 6. The molecule has 4 nitrogen and oxygen atoms in total. The lowest BCUT2D eigenvalue weighted by atomic mass is 10.1. The summed E-state index contributed by atoms with van der Waals surface area (Å²) < 4.78 is 13.6. The molecule has 0 saturated carbocycles. The van der Waals surface area contributed by atoms with Gasteiger partial charge < -0.3 is 10.6 Å². The molecule has 1 amide bonds. The second-order valence-corrected chi connectivity index (χ2v) is 6.45. The predicted octanol–water partition coefficient (Wildman–Crippen LogP) is 4.55. The highest BCUT2D eigenvalue weighted by atomic mass is 19.1. The third kappa shape index (κ3) is 4.91. The second kappa shape index (κ2) is 8.45. The molecular formula is C22H22FN3O. The summed E-state index contributed by atoms with van der Waals surface area (Å²) >= 11 is 0. The first-order valence-corrected chi connectivity index (χ1v) is 8.85. The molecule has 2 N–H and O–H groups in total. The molecule has 3 aromatic rings. The molecular weight excluding hydrogens is 341 g/mol. The van der Waals surface area contributed by atoms with Crippen LogP contribution >= 0.6 is 0 Å². The molecule has 0 bridgehead atoms. The van der Waals surface area contributed by atoms with Crippen molar-refractivity contribution in [3.05, 3.63) is 89.0 Å². The van der Waals surface area contributed by atoms with Gasteiger partial charge in [-0.3, -0.25) is 9.78 Å². The number of benzene rings is 2. The van der Waals surface area contributed by atoms with Crippen molar-refractivity contribution in [1.82, 2.24) is 10.3 Å². The van der Waals surface area contributed by atoms with E-state index in [9.17, 15) is 9.18 Å². The van der Waals surface area contributed by atoms with Crippen LogP contribution < -0.4 is 10.6 Å². The number of aromatic nitrogens is 1. The van der Waals surface area contributed by atoms with Crippen LogP contribution in [-0.2, 0) is 6.42 Å². The van der Waals surface area contributed by atoms with Crippen LogP contribution in [0.1, 0.15) is 27.2 Å². The van der Waals surface area contributed by atoms with Crippen molar-refractivity contribution < 1.29 is 9.18 Å². The molecule has 2 aromatic carbocycles. The number of pyridine rings is 1. The van der Waals surface area contributed by atoms with Gasteiger partial charge in [0.15, 0.2) is 0 Å². The van der Waals surface area contributed by atoms with E-state index in [-0.39, 0.29) is 11.7 Å². The van der Waals surface area contributed by atoms with E-state index < -0.39 is 0 Å². The van der Waals surface area contributed by atoms with Crippen LogP contribution in [0.5, 0.6) is 0 Å². The van der Waals surface area contributed by atoms with E-state index in [1.54, 1.807) is 30.5 Å². The minimum atomic E-state index is -0.282. The normalized spacial score (nSPS) is 10.5. The van der Waals surface area contributed by atoms with Gasteiger partial charge in [-0.25, -0.2) is 4.39 Å². The van der Waals surface area contributed by atoms with Gasteiger partial charge in [-0.2, -0.15) is 0 Å². The fraction of sp³-hybridized carbons (Fsp3) is 0.182. The molecule has 138 valence electrons. The molecule has 0 saturated heterocycles. The molecule has 0 unspecified atom stereocenters. The van der Waals surface area contributed by atoms with Crippen molar-refractivity contribution >= 4 is 17.3 Å². The molecule has 0 atom stereocenters. The number of hydrogen-bond acceptors (Lipinski definition) is 3. The van der Waals surface area contributed by atoms with Crippen molar-refractivity contribution in [3.8, 4) is 0 Å². The van der Waals surface area contributed by atoms with Crippen LogP contribution in [0, 0.1) is 19.7 Å². The second-order valence-electron chi connectivity index (χ2n) is 6.45. The van der Waals surface area contributed by atoms with Gasteiger partial charge in [-0.05, 0) is 67.3 Å². The summed E-state index contributed by atoms with van der Waals surface area (Å²) in [4.78, 5) is 16.5. The monoisotopic (exact) mass is 363 g/mol. The number of carbonyl (C=O) groups excluding carboxylic acids is 1. The summed E-state index contributed by atoms with van der Waals surface area (Å²) in [5.74, 6) is -0.542. The Balaban J connectivity index is 1.61. The Morgan fingerprint density at radius 1 is 1.00 bits per heavy atom. The summed E-state index contributed by atoms with van der Waals surface area (Å²) in [6, 6.07) is 16.2. The van der Waals surface area contributed by atoms with Gasteiger partial charge in [0, 0.05) is 24.1 Å². The van der Waals surface area contributed by atoms with Crippen LogP contribution in [0.4, 0.5) is 15.8 Å². The molecule has 0 radical (unpaired) electrons. The molecule has 1 heterocycles. The molecule has 27 heavy (non-hydrogen) atoms. The molecule has 0 aliphatic heterocycles. The lowest BCUT2D eigenvalue weighted by Crippen LogP contribution is -2.26. The van der Waals surface area contributed by atoms with E-state index in [0.29, 0.717) is 24.2 Å². The number of aryl methyl sites for hydroxylation is 2. The quantitative estimate of drug-likeness (QED) is 0.675. The Labute approximate surface area is 158 Å². The predicted molar refractivity (Wildman–Crippen MR) is 106 cm³/mol. The third-order valence-corrected chi connectivity index (χ3v) is 4.43. The number of nitrogens with zero attached hydrogens (tertiary/aromatic N) is 1. The number of halogens is 1. The Morgan fingerprint density at radius 2 is 1.78 bits per heavy atom. The molecule has 1 aromatic heterocycles. The SMILES string of the molecule is Cc1ccc(Nc2ccnc(C(=O)NCCc3ccccc3F)c2)cc1C. The summed E-state index contributed by atoms with van der Waals surface area (Å²) in [6.07, 6.45) is 2.02. The van der Waals surface area contributed by atoms with Gasteiger partial charge in [-0.15, -0.1) is 0 Å². The molecule has 0 aliphatic rings. The highest BCUT2D eigenvalue weighted by Crippen LogP contribution is 2.19. The van der Waals surface area contributed by atoms with E-state index in [1.165, 1.54) is 17.2 Å². The molecule has 0 spiro atoms. The zero-order chi connectivity index (χ0) is 19.2. The van der Waals surface area contributed by atoms with Crippen molar-refractivity contribution in [2.24, 2.45) is 0 Å². The lowest BCUT2D eigenvalue weighted by molar-refractivity contribution is 0.0949.